The van der Waals surface area contributed by atoms with Crippen molar-refractivity contribution in [3.05, 3.63) is 39.4 Å². The maximum atomic E-state index is 14.4. The van der Waals surface area contributed by atoms with E-state index >= 15 is 0 Å². The molecule has 9 heteroatoms. The van der Waals surface area contributed by atoms with Crippen molar-refractivity contribution in [2.24, 2.45) is 0 Å². The summed E-state index contributed by atoms with van der Waals surface area (Å²) < 4.78 is 40.3. The molecule has 0 fully saturated rings. The molecule has 0 unspecified atom stereocenters. The molecule has 5 nitrogen and oxygen atoms in total. The SMILES string of the molecule is CN(c1cc(-n2nc3c(c2Cl)CCCC3)c(F)cc1Cl)S(C)(=O)=O. The molecule has 0 radical (unpaired) electrons. The van der Waals surface area contributed by atoms with E-state index in [1.807, 2.05) is 0 Å². The molecule has 1 aliphatic rings. The third-order valence-corrected chi connectivity index (χ3v) is 6.06. The maximum absolute atomic E-state index is 14.4. The van der Waals surface area contributed by atoms with Gasteiger partial charge in [-0.2, -0.15) is 5.10 Å². The zero-order valence-electron chi connectivity index (χ0n) is 13.2. The van der Waals surface area contributed by atoms with Gasteiger partial charge in [0.15, 0.2) is 5.82 Å². The molecule has 0 amide bonds. The molecule has 0 saturated heterocycles. The molecule has 24 heavy (non-hydrogen) atoms. The highest BCUT2D eigenvalue weighted by Gasteiger charge is 2.24. The summed E-state index contributed by atoms with van der Waals surface area (Å²) in [5, 5.41) is 4.76. The van der Waals surface area contributed by atoms with E-state index in [1.165, 1.54) is 17.8 Å². The van der Waals surface area contributed by atoms with Crippen LogP contribution in [-0.2, 0) is 22.9 Å². The number of aromatic nitrogens is 2. The van der Waals surface area contributed by atoms with E-state index in [0.717, 1.165) is 53.6 Å². The molecule has 0 N–H and O–H groups in total. The Labute approximate surface area is 150 Å². The van der Waals surface area contributed by atoms with Gasteiger partial charge in [-0.05, 0) is 37.8 Å². The van der Waals surface area contributed by atoms with Gasteiger partial charge in [-0.3, -0.25) is 4.31 Å². The number of rotatable bonds is 3. The van der Waals surface area contributed by atoms with Crippen LogP contribution in [0.5, 0.6) is 0 Å². The van der Waals surface area contributed by atoms with Crippen LogP contribution in [0.2, 0.25) is 10.2 Å². The second-order valence-corrected chi connectivity index (χ2v) is 8.60. The fraction of sp³-hybridized carbons (Fsp3) is 0.400. The molecule has 0 atom stereocenters. The summed E-state index contributed by atoms with van der Waals surface area (Å²) in [6, 6.07) is 2.42. The lowest BCUT2D eigenvalue weighted by Gasteiger charge is -2.19. The highest BCUT2D eigenvalue weighted by atomic mass is 35.5. The first kappa shape index (κ1) is 17.5. The number of nitrogens with zero attached hydrogens (tertiary/aromatic N) is 3. The highest BCUT2D eigenvalue weighted by molar-refractivity contribution is 7.92. The van der Waals surface area contributed by atoms with E-state index in [2.05, 4.69) is 5.10 Å². The first-order valence-corrected chi connectivity index (χ1v) is 10.00. The predicted octanol–water partition coefficient (Wildman–Crippen LogP) is 3.59. The highest BCUT2D eigenvalue weighted by Crippen LogP contribution is 2.35. The van der Waals surface area contributed by atoms with Crippen LogP contribution in [0.4, 0.5) is 10.1 Å². The Morgan fingerprint density at radius 3 is 2.54 bits per heavy atom. The number of sulfonamides is 1. The molecule has 0 saturated carbocycles. The molecule has 1 aromatic heterocycles. The Morgan fingerprint density at radius 1 is 1.25 bits per heavy atom. The second kappa shape index (κ2) is 6.20. The van der Waals surface area contributed by atoms with Gasteiger partial charge >= 0.3 is 0 Å². The summed E-state index contributed by atoms with van der Waals surface area (Å²) in [6.45, 7) is 0. The van der Waals surface area contributed by atoms with Crippen molar-refractivity contribution >= 4 is 38.9 Å². The van der Waals surface area contributed by atoms with Crippen LogP contribution < -0.4 is 4.31 Å². The number of anilines is 1. The molecular weight excluding hydrogens is 376 g/mol. The molecule has 1 aliphatic carbocycles. The largest absolute Gasteiger partial charge is 0.272 e. The van der Waals surface area contributed by atoms with E-state index < -0.39 is 15.8 Å². The van der Waals surface area contributed by atoms with E-state index in [4.69, 9.17) is 23.2 Å². The lowest BCUT2D eigenvalue weighted by molar-refractivity contribution is 0.598. The van der Waals surface area contributed by atoms with Crippen molar-refractivity contribution in [2.45, 2.75) is 25.7 Å². The molecule has 1 aromatic carbocycles. The molecule has 2 aromatic rings. The predicted molar refractivity (Wildman–Crippen MR) is 93.4 cm³/mol. The normalized spacial score (nSPS) is 14.5. The minimum Gasteiger partial charge on any atom is -0.272 e. The quantitative estimate of drug-likeness (QED) is 0.802. The van der Waals surface area contributed by atoms with Gasteiger partial charge in [0.25, 0.3) is 0 Å². The summed E-state index contributed by atoms with van der Waals surface area (Å²) in [4.78, 5) is 0. The van der Waals surface area contributed by atoms with E-state index in [9.17, 15) is 12.8 Å². The minimum atomic E-state index is -3.54. The molecule has 0 spiro atoms. The zero-order chi connectivity index (χ0) is 17.6. The lowest BCUT2D eigenvalue weighted by Crippen LogP contribution is -2.25. The molecule has 130 valence electrons. The van der Waals surface area contributed by atoms with Crippen LogP contribution >= 0.6 is 23.2 Å². The summed E-state index contributed by atoms with van der Waals surface area (Å²) in [5.41, 5.74) is 2.03. The zero-order valence-corrected chi connectivity index (χ0v) is 15.5. The minimum absolute atomic E-state index is 0.00258. The maximum Gasteiger partial charge on any atom is 0.232 e. The Morgan fingerprint density at radius 2 is 1.92 bits per heavy atom. The average molecular weight is 392 g/mol. The van der Waals surface area contributed by atoms with Crippen LogP contribution in [0.25, 0.3) is 5.69 Å². The van der Waals surface area contributed by atoms with Gasteiger partial charge in [-0.25, -0.2) is 17.5 Å². The van der Waals surface area contributed by atoms with Gasteiger partial charge in [0.1, 0.15) is 10.8 Å². The molecule has 0 aliphatic heterocycles. The third kappa shape index (κ3) is 3.00. The summed E-state index contributed by atoms with van der Waals surface area (Å²) in [7, 11) is -2.18. The number of hydrogen-bond donors (Lipinski definition) is 0. The monoisotopic (exact) mass is 391 g/mol. The van der Waals surface area contributed by atoms with E-state index in [0.29, 0.717) is 5.15 Å². The van der Waals surface area contributed by atoms with Gasteiger partial charge in [-0.15, -0.1) is 0 Å². The van der Waals surface area contributed by atoms with Gasteiger partial charge in [-0.1, -0.05) is 23.2 Å². The Hall–Kier alpha value is -1.31. The van der Waals surface area contributed by atoms with E-state index in [1.54, 1.807) is 0 Å². The fourth-order valence-electron chi connectivity index (χ4n) is 2.78. The Kier molecular flexibility index (Phi) is 4.53. The number of aryl methyl sites for hydroxylation is 1. The van der Waals surface area contributed by atoms with Crippen LogP contribution in [0.1, 0.15) is 24.1 Å². The van der Waals surface area contributed by atoms with Crippen molar-refractivity contribution in [3.63, 3.8) is 0 Å². The first-order chi connectivity index (χ1) is 11.2. The fourth-order valence-corrected chi connectivity index (χ4v) is 3.95. The number of hydrogen-bond acceptors (Lipinski definition) is 3. The molecule has 1 heterocycles. The van der Waals surface area contributed by atoms with Crippen molar-refractivity contribution in [1.82, 2.24) is 9.78 Å². The second-order valence-electron chi connectivity index (χ2n) is 5.82. The molecule has 0 bridgehead atoms. The third-order valence-electron chi connectivity index (χ3n) is 4.18. The smallest absolute Gasteiger partial charge is 0.232 e. The summed E-state index contributed by atoms with van der Waals surface area (Å²) >= 11 is 12.4. The van der Waals surface area contributed by atoms with Crippen molar-refractivity contribution in [3.8, 4) is 5.69 Å². The van der Waals surface area contributed by atoms with Crippen molar-refractivity contribution < 1.29 is 12.8 Å². The molecule has 3 rings (SSSR count). The summed E-state index contributed by atoms with van der Waals surface area (Å²) in [6.07, 6.45) is 4.69. The van der Waals surface area contributed by atoms with Crippen LogP contribution in [0.15, 0.2) is 12.1 Å². The van der Waals surface area contributed by atoms with Gasteiger partial charge < -0.3 is 0 Å². The summed E-state index contributed by atoms with van der Waals surface area (Å²) in [5.74, 6) is -0.618. The topological polar surface area (TPSA) is 55.2 Å². The lowest BCUT2D eigenvalue weighted by atomic mass is 9.99. The van der Waals surface area contributed by atoms with Gasteiger partial charge in [0.05, 0.1) is 22.7 Å². The van der Waals surface area contributed by atoms with Crippen LogP contribution in [-0.4, -0.2) is 31.5 Å². The first-order valence-electron chi connectivity index (χ1n) is 7.39. The van der Waals surface area contributed by atoms with Crippen LogP contribution in [0.3, 0.4) is 0 Å². The van der Waals surface area contributed by atoms with Gasteiger partial charge in [0.2, 0.25) is 10.0 Å². The number of halogens is 3. The average Bonchev–Trinajstić information content (AvgIpc) is 2.83. The standard InChI is InChI=1S/C15H16Cl2FN3O2S/c1-20(24(2,22)23)13-8-14(11(18)7-10(13)16)21-15(17)9-5-3-4-6-12(9)19-21/h7-8H,3-6H2,1-2H3. The van der Waals surface area contributed by atoms with Crippen molar-refractivity contribution in [1.29, 1.82) is 0 Å². The Bertz CT molecular complexity index is 912. The number of benzene rings is 1. The van der Waals surface area contributed by atoms with Crippen molar-refractivity contribution in [2.75, 3.05) is 17.6 Å². The Balaban J connectivity index is 2.17. The van der Waals surface area contributed by atoms with Crippen LogP contribution in [0, 0.1) is 5.82 Å². The van der Waals surface area contributed by atoms with Gasteiger partial charge in [0, 0.05) is 12.6 Å². The number of fused-ring (bicyclic) bond motifs is 1. The van der Waals surface area contributed by atoms with E-state index in [-0.39, 0.29) is 16.4 Å². The molecular formula is C15H16Cl2FN3O2S.